The molecule has 1 fully saturated rings. The first-order valence-electron chi connectivity index (χ1n) is 9.31. The fraction of sp³-hybridized carbons (Fsp3) is 0.600. The van der Waals surface area contributed by atoms with Gasteiger partial charge in [-0.25, -0.2) is 4.79 Å². The number of para-hydroxylation sites is 1. The summed E-state index contributed by atoms with van der Waals surface area (Å²) >= 11 is 0. The molecule has 26 heavy (non-hydrogen) atoms. The summed E-state index contributed by atoms with van der Waals surface area (Å²) in [7, 11) is 0. The van der Waals surface area contributed by atoms with Gasteiger partial charge in [-0.2, -0.15) is 0 Å². The van der Waals surface area contributed by atoms with Gasteiger partial charge in [-0.15, -0.1) is 0 Å². The molecular weight excluding hydrogens is 330 g/mol. The minimum Gasteiger partial charge on any atom is -0.481 e. The van der Waals surface area contributed by atoms with Crippen molar-refractivity contribution in [3.63, 3.8) is 0 Å². The third kappa shape index (κ3) is 6.58. The fourth-order valence-corrected chi connectivity index (χ4v) is 2.89. The Balaban J connectivity index is 1.69. The maximum Gasteiger partial charge on any atom is 0.317 e. The van der Waals surface area contributed by atoms with Crippen LogP contribution in [0.25, 0.3) is 0 Å². The number of benzene rings is 1. The van der Waals surface area contributed by atoms with Gasteiger partial charge in [-0.3, -0.25) is 4.79 Å². The van der Waals surface area contributed by atoms with E-state index in [0.717, 1.165) is 25.9 Å². The number of urea groups is 1. The van der Waals surface area contributed by atoms with E-state index in [2.05, 4.69) is 10.6 Å². The molecular formula is C20H31N3O3. The van der Waals surface area contributed by atoms with Crippen LogP contribution in [0.5, 0.6) is 5.75 Å². The van der Waals surface area contributed by atoms with Crippen molar-refractivity contribution in [1.29, 1.82) is 0 Å². The summed E-state index contributed by atoms with van der Waals surface area (Å²) in [5, 5.41) is 5.96. The molecule has 1 saturated heterocycles. The molecule has 0 bridgehead atoms. The molecule has 6 nitrogen and oxygen atoms in total. The average Bonchev–Trinajstić information content (AvgIpc) is 2.59. The predicted molar refractivity (Wildman–Crippen MR) is 102 cm³/mol. The molecule has 2 rings (SSSR count). The maximum absolute atomic E-state index is 12.2. The van der Waals surface area contributed by atoms with Crippen LogP contribution in [-0.4, -0.2) is 48.1 Å². The highest BCUT2D eigenvalue weighted by molar-refractivity contribution is 5.80. The number of piperidine rings is 1. The summed E-state index contributed by atoms with van der Waals surface area (Å²) < 4.78 is 5.64. The molecule has 1 aliphatic heterocycles. The lowest BCUT2D eigenvalue weighted by atomic mass is 9.97. The fourth-order valence-electron chi connectivity index (χ4n) is 2.89. The number of nitrogens with zero attached hydrogens (tertiary/aromatic N) is 1. The van der Waals surface area contributed by atoms with Crippen molar-refractivity contribution in [3.8, 4) is 5.75 Å². The highest BCUT2D eigenvalue weighted by atomic mass is 16.5. The lowest BCUT2D eigenvalue weighted by Crippen LogP contribution is -2.51. The van der Waals surface area contributed by atoms with Crippen molar-refractivity contribution in [1.82, 2.24) is 15.5 Å². The highest BCUT2D eigenvalue weighted by Crippen LogP contribution is 2.17. The number of likely N-dealkylation sites (tertiary alicyclic amines) is 1. The van der Waals surface area contributed by atoms with E-state index in [4.69, 9.17) is 4.74 Å². The normalized spacial score (nSPS) is 16.7. The number of amides is 3. The monoisotopic (exact) mass is 361 g/mol. The van der Waals surface area contributed by atoms with Gasteiger partial charge in [0.25, 0.3) is 5.91 Å². The molecule has 1 atom stereocenters. The zero-order valence-corrected chi connectivity index (χ0v) is 16.2. The lowest BCUT2D eigenvalue weighted by molar-refractivity contribution is -0.127. The minimum atomic E-state index is -0.532. The Morgan fingerprint density at radius 3 is 2.38 bits per heavy atom. The van der Waals surface area contributed by atoms with Gasteiger partial charge in [0.15, 0.2) is 6.10 Å². The van der Waals surface area contributed by atoms with Crippen molar-refractivity contribution in [2.75, 3.05) is 19.6 Å². The number of carbonyl (C=O) groups is 2. The van der Waals surface area contributed by atoms with Crippen LogP contribution in [0.4, 0.5) is 4.79 Å². The van der Waals surface area contributed by atoms with Crippen molar-refractivity contribution in [2.24, 2.45) is 5.92 Å². The Morgan fingerprint density at radius 2 is 1.81 bits per heavy atom. The first-order chi connectivity index (χ1) is 12.2. The van der Waals surface area contributed by atoms with Gasteiger partial charge >= 0.3 is 6.03 Å². The number of rotatable bonds is 5. The second-order valence-electron chi connectivity index (χ2n) is 7.93. The first-order valence-corrected chi connectivity index (χ1v) is 9.31. The molecule has 2 N–H and O–H groups in total. The van der Waals surface area contributed by atoms with E-state index in [9.17, 15) is 9.59 Å². The van der Waals surface area contributed by atoms with Crippen molar-refractivity contribution < 1.29 is 14.3 Å². The molecule has 0 spiro atoms. The van der Waals surface area contributed by atoms with E-state index in [-0.39, 0.29) is 17.5 Å². The van der Waals surface area contributed by atoms with Crippen molar-refractivity contribution in [3.05, 3.63) is 30.3 Å². The third-order valence-corrected chi connectivity index (χ3v) is 4.37. The Labute approximate surface area is 156 Å². The SMILES string of the molecule is CC(Oc1ccccc1)C(=O)NCC1CCN(C(=O)NC(C)(C)C)CC1. The Morgan fingerprint density at radius 1 is 1.19 bits per heavy atom. The van der Waals surface area contributed by atoms with Crippen LogP contribution in [0.2, 0.25) is 0 Å². The van der Waals surface area contributed by atoms with Crippen LogP contribution in [0.1, 0.15) is 40.5 Å². The molecule has 1 heterocycles. The summed E-state index contributed by atoms with van der Waals surface area (Å²) in [6, 6.07) is 9.33. The van der Waals surface area contributed by atoms with E-state index in [1.165, 1.54) is 0 Å². The van der Waals surface area contributed by atoms with Crippen LogP contribution in [0.3, 0.4) is 0 Å². The first kappa shape index (κ1) is 20.1. The quantitative estimate of drug-likeness (QED) is 0.847. The molecule has 0 saturated carbocycles. The summed E-state index contributed by atoms with van der Waals surface area (Å²) in [5.41, 5.74) is -0.225. The van der Waals surface area contributed by atoms with Crippen molar-refractivity contribution >= 4 is 11.9 Å². The average molecular weight is 361 g/mol. The van der Waals surface area contributed by atoms with Gasteiger partial charge in [0, 0.05) is 25.2 Å². The van der Waals surface area contributed by atoms with Gasteiger partial charge in [-0.05, 0) is 58.6 Å². The lowest BCUT2D eigenvalue weighted by Gasteiger charge is -2.34. The Hall–Kier alpha value is -2.24. The highest BCUT2D eigenvalue weighted by Gasteiger charge is 2.26. The zero-order valence-electron chi connectivity index (χ0n) is 16.2. The standard InChI is InChI=1S/C20H31N3O3/c1-15(26-17-8-6-5-7-9-17)18(24)21-14-16-10-12-23(13-11-16)19(25)22-20(2,3)4/h5-9,15-16H,10-14H2,1-4H3,(H,21,24)(H,22,25). The second-order valence-corrected chi connectivity index (χ2v) is 7.93. The van der Waals surface area contributed by atoms with Gasteiger partial charge < -0.3 is 20.3 Å². The molecule has 1 aromatic rings. The van der Waals surface area contributed by atoms with Crippen LogP contribution < -0.4 is 15.4 Å². The predicted octanol–water partition coefficient (Wildman–Crippen LogP) is 2.79. The van der Waals surface area contributed by atoms with Gasteiger partial charge in [0.1, 0.15) is 5.75 Å². The molecule has 1 aromatic carbocycles. The van der Waals surface area contributed by atoms with Crippen molar-refractivity contribution in [2.45, 2.75) is 52.2 Å². The van der Waals surface area contributed by atoms with Gasteiger partial charge in [-0.1, -0.05) is 18.2 Å². The van der Waals surface area contributed by atoms with E-state index < -0.39 is 6.10 Å². The number of ether oxygens (including phenoxy) is 1. The molecule has 144 valence electrons. The number of nitrogens with one attached hydrogen (secondary N) is 2. The number of hydrogen-bond donors (Lipinski definition) is 2. The van der Waals surface area contributed by atoms with E-state index >= 15 is 0 Å². The van der Waals surface area contributed by atoms with Crippen LogP contribution in [-0.2, 0) is 4.79 Å². The Bertz CT molecular complexity index is 590. The molecule has 0 aromatic heterocycles. The Kier molecular flexibility index (Phi) is 6.89. The molecule has 6 heteroatoms. The largest absolute Gasteiger partial charge is 0.481 e. The summed E-state index contributed by atoms with van der Waals surface area (Å²) in [4.78, 5) is 26.2. The van der Waals surface area contributed by atoms with Gasteiger partial charge in [0.05, 0.1) is 0 Å². The second kappa shape index (κ2) is 8.92. The number of hydrogen-bond acceptors (Lipinski definition) is 3. The summed E-state index contributed by atoms with van der Waals surface area (Å²) in [6.45, 7) is 9.75. The molecule has 0 aliphatic carbocycles. The van der Waals surface area contributed by atoms with Crippen LogP contribution >= 0.6 is 0 Å². The minimum absolute atomic E-state index is 0.00938. The summed E-state index contributed by atoms with van der Waals surface area (Å²) in [6.07, 6.45) is 1.26. The molecule has 1 aliphatic rings. The van der Waals surface area contributed by atoms with Crippen LogP contribution in [0, 0.1) is 5.92 Å². The topological polar surface area (TPSA) is 70.7 Å². The van der Waals surface area contributed by atoms with E-state index in [1.54, 1.807) is 6.92 Å². The smallest absolute Gasteiger partial charge is 0.317 e. The molecule has 1 unspecified atom stereocenters. The maximum atomic E-state index is 12.2. The molecule has 3 amide bonds. The summed E-state index contributed by atoms with van der Waals surface area (Å²) in [5.74, 6) is 0.969. The van der Waals surface area contributed by atoms with E-state index in [0.29, 0.717) is 18.2 Å². The third-order valence-electron chi connectivity index (χ3n) is 4.37. The number of carbonyl (C=O) groups excluding carboxylic acids is 2. The van der Waals surface area contributed by atoms with E-state index in [1.807, 2.05) is 56.0 Å². The zero-order chi connectivity index (χ0) is 19.2. The van der Waals surface area contributed by atoms with Crippen LogP contribution in [0.15, 0.2) is 30.3 Å². The van der Waals surface area contributed by atoms with Gasteiger partial charge in [0.2, 0.25) is 0 Å². The molecule has 0 radical (unpaired) electrons.